The van der Waals surface area contributed by atoms with Crippen molar-refractivity contribution in [1.29, 1.82) is 0 Å². The first-order valence-corrected chi connectivity index (χ1v) is 11.8. The molecule has 0 spiro atoms. The van der Waals surface area contributed by atoms with E-state index in [4.69, 9.17) is 5.73 Å². The summed E-state index contributed by atoms with van der Waals surface area (Å²) in [6.45, 7) is 1.90. The van der Waals surface area contributed by atoms with Crippen LogP contribution in [-0.2, 0) is 0 Å². The summed E-state index contributed by atoms with van der Waals surface area (Å²) in [7, 11) is 0. The predicted molar refractivity (Wildman–Crippen MR) is 122 cm³/mol. The summed E-state index contributed by atoms with van der Waals surface area (Å²) in [5.41, 5.74) is 7.48. The molecule has 2 aliphatic rings. The minimum Gasteiger partial charge on any atom is -0.370 e. The monoisotopic (exact) mass is 426 g/mol. The van der Waals surface area contributed by atoms with Gasteiger partial charge in [-0.1, -0.05) is 18.9 Å². The molecule has 1 saturated heterocycles. The van der Waals surface area contributed by atoms with E-state index in [0.717, 1.165) is 44.5 Å². The number of hydrogen-bond acceptors (Lipinski definition) is 4. The van der Waals surface area contributed by atoms with Gasteiger partial charge >= 0.3 is 6.03 Å². The van der Waals surface area contributed by atoms with E-state index in [9.17, 15) is 9.59 Å². The van der Waals surface area contributed by atoms with Crippen molar-refractivity contribution in [2.75, 3.05) is 23.3 Å². The van der Waals surface area contributed by atoms with Gasteiger partial charge < -0.3 is 21.3 Å². The van der Waals surface area contributed by atoms with Crippen LogP contribution in [0.5, 0.6) is 0 Å². The van der Waals surface area contributed by atoms with Crippen LogP contribution in [-0.4, -0.2) is 25.0 Å². The van der Waals surface area contributed by atoms with Crippen molar-refractivity contribution in [1.82, 2.24) is 5.32 Å². The topological polar surface area (TPSA) is 87.5 Å². The van der Waals surface area contributed by atoms with Gasteiger partial charge in [-0.2, -0.15) is 0 Å². The second kappa shape index (κ2) is 9.51. The molecular formula is C23H30N4O2S. The van der Waals surface area contributed by atoms with Gasteiger partial charge in [0.05, 0.1) is 17.4 Å². The molecule has 30 heavy (non-hydrogen) atoms. The van der Waals surface area contributed by atoms with E-state index in [2.05, 4.69) is 27.0 Å². The van der Waals surface area contributed by atoms with E-state index in [1.165, 1.54) is 24.1 Å². The van der Waals surface area contributed by atoms with Crippen molar-refractivity contribution in [2.45, 2.75) is 51.0 Å². The molecule has 1 atom stereocenters. The van der Waals surface area contributed by atoms with Crippen LogP contribution in [0.2, 0.25) is 0 Å². The number of primary amides is 1. The van der Waals surface area contributed by atoms with E-state index in [1.807, 2.05) is 12.1 Å². The molecule has 4 N–H and O–H groups in total. The molecule has 1 aromatic carbocycles. The maximum absolute atomic E-state index is 13.0. The highest BCUT2D eigenvalue weighted by molar-refractivity contribution is 7.10. The third kappa shape index (κ3) is 4.78. The van der Waals surface area contributed by atoms with E-state index in [0.29, 0.717) is 17.2 Å². The van der Waals surface area contributed by atoms with Crippen LogP contribution < -0.4 is 21.3 Å². The fraction of sp³-hybridized carbons (Fsp3) is 0.478. The molecule has 160 valence electrons. The minimum absolute atomic E-state index is 0.0188. The Hall–Kier alpha value is -2.54. The Morgan fingerprint density at radius 1 is 1.07 bits per heavy atom. The third-order valence-corrected chi connectivity index (χ3v) is 7.19. The van der Waals surface area contributed by atoms with Gasteiger partial charge in [0.25, 0.3) is 0 Å². The van der Waals surface area contributed by atoms with Gasteiger partial charge in [0.15, 0.2) is 0 Å². The summed E-state index contributed by atoms with van der Waals surface area (Å²) >= 11 is 1.69. The highest BCUT2D eigenvalue weighted by Crippen LogP contribution is 2.37. The van der Waals surface area contributed by atoms with Gasteiger partial charge in [0.1, 0.15) is 0 Å². The molecule has 4 rings (SSSR count). The number of nitrogens with two attached hydrogens (primary N) is 1. The van der Waals surface area contributed by atoms with Crippen LogP contribution in [0, 0.1) is 5.92 Å². The lowest BCUT2D eigenvalue weighted by Crippen LogP contribution is -2.36. The molecule has 1 unspecified atom stereocenters. The molecule has 1 aliphatic heterocycles. The SMILES string of the molecule is NC(=O)c1ccc(N2CCCCC2)c(NC(=O)NC(c2cccs2)C2CCCC2)c1. The summed E-state index contributed by atoms with van der Waals surface area (Å²) < 4.78 is 0. The van der Waals surface area contributed by atoms with Gasteiger partial charge in [-0.3, -0.25) is 4.79 Å². The van der Waals surface area contributed by atoms with E-state index in [-0.39, 0.29) is 12.1 Å². The summed E-state index contributed by atoms with van der Waals surface area (Å²) in [6, 6.07) is 9.25. The van der Waals surface area contributed by atoms with Gasteiger partial charge in [-0.05, 0) is 67.7 Å². The van der Waals surface area contributed by atoms with E-state index >= 15 is 0 Å². The van der Waals surface area contributed by atoms with E-state index < -0.39 is 5.91 Å². The predicted octanol–water partition coefficient (Wildman–Crippen LogP) is 4.89. The Morgan fingerprint density at radius 3 is 2.50 bits per heavy atom. The van der Waals surface area contributed by atoms with Crippen molar-refractivity contribution in [2.24, 2.45) is 11.7 Å². The first-order valence-electron chi connectivity index (χ1n) is 10.9. The number of nitrogens with zero attached hydrogens (tertiary/aromatic N) is 1. The molecule has 0 radical (unpaired) electrons. The number of anilines is 2. The van der Waals surface area contributed by atoms with Crippen LogP contribution in [0.4, 0.5) is 16.2 Å². The fourth-order valence-corrected chi connectivity index (χ4v) is 5.55. The second-order valence-electron chi connectivity index (χ2n) is 8.28. The number of carbonyl (C=O) groups excluding carboxylic acids is 2. The molecule has 2 heterocycles. The van der Waals surface area contributed by atoms with Crippen molar-refractivity contribution < 1.29 is 9.59 Å². The van der Waals surface area contributed by atoms with Crippen LogP contribution in [0.15, 0.2) is 35.7 Å². The van der Waals surface area contributed by atoms with Gasteiger partial charge in [-0.15, -0.1) is 11.3 Å². The number of thiophene rings is 1. The standard InChI is InChI=1S/C23H30N4O2S/c24-22(28)17-10-11-19(27-12-4-1-5-13-27)18(15-17)25-23(29)26-21(16-7-2-3-8-16)20-9-6-14-30-20/h6,9-11,14-16,21H,1-5,7-8,12-13H2,(H2,24,28)(H2,25,26,29). The molecule has 2 aromatic rings. The zero-order valence-electron chi connectivity index (χ0n) is 17.2. The maximum atomic E-state index is 13.0. The van der Waals surface area contributed by atoms with Crippen LogP contribution >= 0.6 is 11.3 Å². The summed E-state index contributed by atoms with van der Waals surface area (Å²) in [5.74, 6) is -0.0287. The Morgan fingerprint density at radius 2 is 1.83 bits per heavy atom. The normalized spacial score (nSPS) is 18.2. The number of rotatable bonds is 6. The lowest BCUT2D eigenvalue weighted by molar-refractivity contribution is 0.100. The number of carbonyl (C=O) groups is 2. The van der Waals surface area contributed by atoms with Gasteiger partial charge in [0, 0.05) is 23.5 Å². The zero-order chi connectivity index (χ0) is 20.9. The number of urea groups is 1. The molecule has 2 fully saturated rings. The second-order valence-corrected chi connectivity index (χ2v) is 9.26. The highest BCUT2D eigenvalue weighted by atomic mass is 32.1. The number of amides is 3. The fourth-order valence-electron chi connectivity index (χ4n) is 4.68. The van der Waals surface area contributed by atoms with Crippen LogP contribution in [0.1, 0.15) is 66.2 Å². The Labute approximate surface area is 181 Å². The number of hydrogen-bond donors (Lipinski definition) is 3. The number of benzene rings is 1. The van der Waals surface area contributed by atoms with Crippen molar-refractivity contribution in [3.05, 3.63) is 46.2 Å². The summed E-state index contributed by atoms with van der Waals surface area (Å²) in [5, 5.41) is 8.30. The average molecular weight is 427 g/mol. The third-order valence-electron chi connectivity index (χ3n) is 6.23. The Kier molecular flexibility index (Phi) is 6.57. The molecule has 1 aromatic heterocycles. The van der Waals surface area contributed by atoms with Crippen LogP contribution in [0.25, 0.3) is 0 Å². The lowest BCUT2D eigenvalue weighted by Gasteiger charge is -2.31. The van der Waals surface area contributed by atoms with E-state index in [1.54, 1.807) is 23.5 Å². The maximum Gasteiger partial charge on any atom is 0.319 e. The Bertz CT molecular complexity index is 871. The smallest absolute Gasteiger partial charge is 0.319 e. The molecule has 1 saturated carbocycles. The number of nitrogens with one attached hydrogen (secondary N) is 2. The summed E-state index contributed by atoms with van der Waals surface area (Å²) in [6.07, 6.45) is 8.20. The molecule has 0 bridgehead atoms. The van der Waals surface area contributed by atoms with Crippen molar-refractivity contribution in [3.63, 3.8) is 0 Å². The average Bonchev–Trinajstić information content (AvgIpc) is 3.47. The highest BCUT2D eigenvalue weighted by Gasteiger charge is 2.29. The lowest BCUT2D eigenvalue weighted by atomic mass is 9.97. The molecule has 1 aliphatic carbocycles. The van der Waals surface area contributed by atoms with Crippen molar-refractivity contribution >= 4 is 34.6 Å². The van der Waals surface area contributed by atoms with Crippen molar-refractivity contribution in [3.8, 4) is 0 Å². The zero-order valence-corrected chi connectivity index (χ0v) is 18.0. The summed E-state index contributed by atoms with van der Waals surface area (Å²) in [4.78, 5) is 28.2. The molecule has 6 nitrogen and oxygen atoms in total. The first kappa shape index (κ1) is 20.7. The van der Waals surface area contributed by atoms with Gasteiger partial charge in [0.2, 0.25) is 5.91 Å². The number of piperidine rings is 1. The minimum atomic E-state index is -0.494. The van der Waals surface area contributed by atoms with Gasteiger partial charge in [-0.25, -0.2) is 4.79 Å². The quantitative estimate of drug-likeness (QED) is 0.614. The molecular weight excluding hydrogens is 396 g/mol. The van der Waals surface area contributed by atoms with Crippen LogP contribution in [0.3, 0.4) is 0 Å². The first-order chi connectivity index (χ1) is 14.6. The molecule has 3 amide bonds. The largest absolute Gasteiger partial charge is 0.370 e. The molecule has 7 heteroatoms. The Balaban J connectivity index is 1.54.